The maximum Gasteiger partial charge on any atom is 0.237 e. The van der Waals surface area contributed by atoms with Crippen LogP contribution in [-0.2, 0) is 4.74 Å². The molecule has 1 N–H and O–H groups in total. The molecule has 1 aliphatic rings. The number of hydrogen-bond acceptors (Lipinski definition) is 5. The Morgan fingerprint density at radius 1 is 1.19 bits per heavy atom. The molecule has 1 fully saturated rings. The van der Waals surface area contributed by atoms with E-state index >= 15 is 0 Å². The summed E-state index contributed by atoms with van der Waals surface area (Å²) in [6.07, 6.45) is 10.2. The molecule has 0 bridgehead atoms. The number of methoxy groups -OCH3 is 2. The molecule has 0 spiro atoms. The van der Waals surface area contributed by atoms with E-state index in [2.05, 4.69) is 22.2 Å². The second-order valence-electron chi connectivity index (χ2n) is 5.67. The number of aromatic nitrogens is 2. The van der Waals surface area contributed by atoms with Crippen molar-refractivity contribution in [2.45, 2.75) is 57.1 Å². The van der Waals surface area contributed by atoms with Gasteiger partial charge in [-0.05, 0) is 25.8 Å². The summed E-state index contributed by atoms with van der Waals surface area (Å²) in [6.45, 7) is 3.09. The topological polar surface area (TPSA) is 56.3 Å². The van der Waals surface area contributed by atoms with Crippen molar-refractivity contribution in [1.29, 1.82) is 0 Å². The molecule has 5 heteroatoms. The van der Waals surface area contributed by atoms with Crippen molar-refractivity contribution in [2.75, 3.05) is 20.8 Å². The molecule has 1 aromatic rings. The molecule has 0 radical (unpaired) electrons. The summed E-state index contributed by atoms with van der Waals surface area (Å²) >= 11 is 0. The van der Waals surface area contributed by atoms with Crippen molar-refractivity contribution >= 4 is 0 Å². The van der Waals surface area contributed by atoms with Gasteiger partial charge in [0.15, 0.2) is 0 Å². The van der Waals surface area contributed by atoms with Crippen LogP contribution in [0.2, 0.25) is 0 Å². The first-order chi connectivity index (χ1) is 10.3. The number of nitrogens with one attached hydrogen (secondary N) is 1. The summed E-state index contributed by atoms with van der Waals surface area (Å²) in [6, 6.07) is 0.0198. The molecule has 1 aromatic heterocycles. The van der Waals surface area contributed by atoms with Crippen LogP contribution < -0.4 is 10.1 Å². The Morgan fingerprint density at radius 3 is 2.52 bits per heavy atom. The highest BCUT2D eigenvalue weighted by molar-refractivity contribution is 5.25. The fourth-order valence-corrected chi connectivity index (χ4v) is 3.27. The van der Waals surface area contributed by atoms with Gasteiger partial charge in [-0.2, -0.15) is 0 Å². The molecule has 0 aliphatic heterocycles. The molecule has 1 heterocycles. The molecule has 1 atom stereocenters. The van der Waals surface area contributed by atoms with Gasteiger partial charge in [-0.3, -0.25) is 4.98 Å². The van der Waals surface area contributed by atoms with E-state index in [-0.39, 0.29) is 11.6 Å². The van der Waals surface area contributed by atoms with E-state index in [1.54, 1.807) is 19.5 Å². The summed E-state index contributed by atoms with van der Waals surface area (Å²) < 4.78 is 11.4. The van der Waals surface area contributed by atoms with E-state index in [0.29, 0.717) is 5.88 Å². The van der Waals surface area contributed by atoms with Gasteiger partial charge in [0.1, 0.15) is 5.69 Å². The third-order valence-electron chi connectivity index (χ3n) is 4.39. The van der Waals surface area contributed by atoms with E-state index in [1.807, 2.05) is 7.11 Å². The maximum atomic E-state index is 6.01. The Labute approximate surface area is 127 Å². The van der Waals surface area contributed by atoms with Gasteiger partial charge in [-0.15, -0.1) is 0 Å². The smallest absolute Gasteiger partial charge is 0.237 e. The van der Waals surface area contributed by atoms with Crippen molar-refractivity contribution in [3.63, 3.8) is 0 Å². The summed E-state index contributed by atoms with van der Waals surface area (Å²) in [5.41, 5.74) is 0.647. The lowest BCUT2D eigenvalue weighted by molar-refractivity contribution is -0.0702. The summed E-state index contributed by atoms with van der Waals surface area (Å²) in [4.78, 5) is 8.85. The van der Waals surface area contributed by atoms with Gasteiger partial charge in [-0.1, -0.05) is 26.2 Å². The SMILES string of the molecule is CCCNC(c1nccnc1OC)C1(OC)CCCCC1. The highest BCUT2D eigenvalue weighted by Gasteiger charge is 2.42. The van der Waals surface area contributed by atoms with Crippen molar-refractivity contribution in [2.24, 2.45) is 0 Å². The number of nitrogens with zero attached hydrogens (tertiary/aromatic N) is 2. The molecule has 1 unspecified atom stereocenters. The standard InChI is InChI=1S/C16H27N3O2/c1-4-10-18-14(13-15(20-2)19-12-11-17-13)16(21-3)8-6-5-7-9-16/h11-12,14,18H,4-10H2,1-3H3. The minimum absolute atomic E-state index is 0.0198. The molecular weight excluding hydrogens is 266 g/mol. The Bertz CT molecular complexity index is 433. The van der Waals surface area contributed by atoms with Crippen LogP contribution in [0.5, 0.6) is 5.88 Å². The lowest BCUT2D eigenvalue weighted by atomic mass is 9.77. The van der Waals surface area contributed by atoms with Crippen LogP contribution in [0.25, 0.3) is 0 Å². The van der Waals surface area contributed by atoms with E-state index in [4.69, 9.17) is 9.47 Å². The van der Waals surface area contributed by atoms with E-state index < -0.39 is 0 Å². The summed E-state index contributed by atoms with van der Waals surface area (Å²) in [5.74, 6) is 0.591. The Balaban J connectivity index is 2.36. The van der Waals surface area contributed by atoms with Crippen molar-refractivity contribution in [3.05, 3.63) is 18.1 Å². The lowest BCUT2D eigenvalue weighted by Gasteiger charge is -2.42. The molecule has 118 valence electrons. The molecule has 1 aliphatic carbocycles. The quantitative estimate of drug-likeness (QED) is 0.837. The molecule has 0 aromatic carbocycles. The Kier molecular flexibility index (Phi) is 5.94. The zero-order chi connectivity index (χ0) is 15.1. The second-order valence-corrected chi connectivity index (χ2v) is 5.67. The van der Waals surface area contributed by atoms with Crippen LogP contribution >= 0.6 is 0 Å². The van der Waals surface area contributed by atoms with Gasteiger partial charge >= 0.3 is 0 Å². The molecular formula is C16H27N3O2. The fourth-order valence-electron chi connectivity index (χ4n) is 3.27. The predicted molar refractivity (Wildman–Crippen MR) is 82.4 cm³/mol. The third-order valence-corrected chi connectivity index (χ3v) is 4.39. The zero-order valence-corrected chi connectivity index (χ0v) is 13.4. The first-order valence-electron chi connectivity index (χ1n) is 7.91. The first kappa shape index (κ1) is 16.2. The largest absolute Gasteiger partial charge is 0.480 e. The normalized spacial score (nSPS) is 19.2. The van der Waals surface area contributed by atoms with E-state index in [9.17, 15) is 0 Å². The second kappa shape index (κ2) is 7.71. The van der Waals surface area contributed by atoms with E-state index in [1.165, 1.54) is 19.3 Å². The molecule has 2 rings (SSSR count). The molecule has 1 saturated carbocycles. The summed E-state index contributed by atoms with van der Waals surface area (Å²) in [5, 5.41) is 3.61. The Morgan fingerprint density at radius 2 is 1.90 bits per heavy atom. The minimum Gasteiger partial charge on any atom is -0.480 e. The predicted octanol–water partition coefficient (Wildman–Crippen LogP) is 2.88. The van der Waals surface area contributed by atoms with Crippen LogP contribution in [0.4, 0.5) is 0 Å². The van der Waals surface area contributed by atoms with Crippen molar-refractivity contribution in [1.82, 2.24) is 15.3 Å². The lowest BCUT2D eigenvalue weighted by Crippen LogP contribution is -2.47. The van der Waals surface area contributed by atoms with E-state index in [0.717, 1.165) is 31.5 Å². The van der Waals surface area contributed by atoms with Crippen LogP contribution in [0.15, 0.2) is 12.4 Å². The number of ether oxygens (including phenoxy) is 2. The van der Waals surface area contributed by atoms with Crippen LogP contribution in [0.3, 0.4) is 0 Å². The van der Waals surface area contributed by atoms with Crippen LogP contribution in [-0.4, -0.2) is 36.3 Å². The monoisotopic (exact) mass is 293 g/mol. The maximum absolute atomic E-state index is 6.01. The van der Waals surface area contributed by atoms with Gasteiger partial charge in [0.2, 0.25) is 5.88 Å². The Hall–Kier alpha value is -1.20. The van der Waals surface area contributed by atoms with Crippen molar-refractivity contribution in [3.8, 4) is 5.88 Å². The van der Waals surface area contributed by atoms with Crippen LogP contribution in [0, 0.1) is 0 Å². The third kappa shape index (κ3) is 3.52. The first-order valence-corrected chi connectivity index (χ1v) is 7.91. The van der Waals surface area contributed by atoms with Gasteiger partial charge in [0.25, 0.3) is 0 Å². The van der Waals surface area contributed by atoms with Gasteiger partial charge in [0, 0.05) is 19.5 Å². The minimum atomic E-state index is -0.212. The van der Waals surface area contributed by atoms with Crippen molar-refractivity contribution < 1.29 is 9.47 Å². The average molecular weight is 293 g/mol. The number of hydrogen-bond donors (Lipinski definition) is 1. The number of rotatable bonds is 7. The average Bonchev–Trinajstić information content (AvgIpc) is 2.56. The molecule has 5 nitrogen and oxygen atoms in total. The van der Waals surface area contributed by atoms with Gasteiger partial charge < -0.3 is 14.8 Å². The highest BCUT2D eigenvalue weighted by Crippen LogP contribution is 2.42. The zero-order valence-electron chi connectivity index (χ0n) is 13.4. The molecule has 0 saturated heterocycles. The van der Waals surface area contributed by atoms with Gasteiger partial charge in [-0.25, -0.2) is 4.98 Å². The van der Waals surface area contributed by atoms with Crippen LogP contribution in [0.1, 0.15) is 57.2 Å². The summed E-state index contributed by atoms with van der Waals surface area (Å²) in [7, 11) is 3.46. The molecule has 21 heavy (non-hydrogen) atoms. The molecule has 0 amide bonds. The fraction of sp³-hybridized carbons (Fsp3) is 0.750. The highest BCUT2D eigenvalue weighted by atomic mass is 16.5. The van der Waals surface area contributed by atoms with Gasteiger partial charge in [0.05, 0.1) is 18.8 Å².